The first kappa shape index (κ1) is 16.4. The van der Waals surface area contributed by atoms with Crippen molar-refractivity contribution in [3.8, 4) is 0 Å². The van der Waals surface area contributed by atoms with E-state index in [-0.39, 0.29) is 29.8 Å². The molecule has 1 rings (SSSR count). The van der Waals surface area contributed by atoms with Gasteiger partial charge >= 0.3 is 0 Å². The maximum Gasteiger partial charge on any atom is 0.141 e. The zero-order valence-electron chi connectivity index (χ0n) is 11.9. The molecule has 2 N–H and O–H groups in total. The number of pyridine rings is 1. The highest BCUT2D eigenvalue weighted by atomic mass is 32.2. The number of nitrogens with one attached hydrogen (secondary N) is 1. The minimum absolute atomic E-state index is 0.0526. The van der Waals surface area contributed by atoms with Crippen molar-refractivity contribution < 1.29 is 9.50 Å². The summed E-state index contributed by atoms with van der Waals surface area (Å²) >= 11 is 1.64. The van der Waals surface area contributed by atoms with Crippen molar-refractivity contribution >= 4 is 11.8 Å². The minimum atomic E-state index is -0.323. The number of hydrogen-bond donors (Lipinski definition) is 2. The molecule has 0 aliphatic rings. The third-order valence-electron chi connectivity index (χ3n) is 3.22. The van der Waals surface area contributed by atoms with Crippen molar-refractivity contribution in [1.29, 1.82) is 0 Å². The molecule has 0 aliphatic carbocycles. The van der Waals surface area contributed by atoms with Crippen LogP contribution in [0.4, 0.5) is 4.39 Å². The predicted molar refractivity (Wildman–Crippen MR) is 78.8 cm³/mol. The van der Waals surface area contributed by atoms with Crippen LogP contribution in [-0.2, 0) is 0 Å². The first-order valence-corrected chi connectivity index (χ1v) is 7.79. The number of nitrogens with zero attached hydrogens (tertiary/aromatic N) is 1. The summed E-state index contributed by atoms with van der Waals surface area (Å²) in [7, 11) is 0. The normalized spacial score (nSPS) is 16.4. The Kier molecular flexibility index (Phi) is 6.75. The second-order valence-electron chi connectivity index (χ2n) is 5.04. The number of aliphatic hydroxyl groups is 1. The van der Waals surface area contributed by atoms with E-state index < -0.39 is 0 Å². The Morgan fingerprint density at radius 2 is 2.05 bits per heavy atom. The number of halogens is 1. The van der Waals surface area contributed by atoms with Gasteiger partial charge in [-0.05, 0) is 31.2 Å². The van der Waals surface area contributed by atoms with Gasteiger partial charge in [-0.2, -0.15) is 11.8 Å². The van der Waals surface area contributed by atoms with Crippen LogP contribution in [0.3, 0.4) is 0 Å². The predicted octanol–water partition coefficient (Wildman–Crippen LogP) is 2.62. The topological polar surface area (TPSA) is 45.1 Å². The zero-order chi connectivity index (χ0) is 14.4. The Balaban J connectivity index is 2.81. The smallest absolute Gasteiger partial charge is 0.141 e. The van der Waals surface area contributed by atoms with Crippen molar-refractivity contribution in [2.75, 3.05) is 12.9 Å². The first-order chi connectivity index (χ1) is 8.99. The van der Waals surface area contributed by atoms with Gasteiger partial charge in [-0.3, -0.25) is 4.98 Å². The van der Waals surface area contributed by atoms with Crippen LogP contribution in [0.15, 0.2) is 18.3 Å². The Morgan fingerprint density at radius 3 is 2.47 bits per heavy atom. The molecule has 0 radical (unpaired) electrons. The van der Waals surface area contributed by atoms with Crippen molar-refractivity contribution in [3.05, 3.63) is 29.8 Å². The van der Waals surface area contributed by atoms with Gasteiger partial charge in [-0.25, -0.2) is 4.39 Å². The molecule has 0 saturated carbocycles. The summed E-state index contributed by atoms with van der Waals surface area (Å²) in [4.78, 5) is 4.16. The molecule has 3 atom stereocenters. The summed E-state index contributed by atoms with van der Waals surface area (Å²) in [5.41, 5.74) is 0.834. The summed E-state index contributed by atoms with van der Waals surface area (Å²) in [6.45, 7) is 6.39. The standard InChI is InChI=1S/C14H23FN2OS/c1-9(2)14(12-6-5-11(15)7-16-12)17-10(3)13(8-18)19-4/h5-7,9-10,13-14,17-18H,8H2,1-4H3. The lowest BCUT2D eigenvalue weighted by Crippen LogP contribution is -2.41. The van der Waals surface area contributed by atoms with E-state index in [4.69, 9.17) is 0 Å². The second kappa shape index (κ2) is 7.82. The van der Waals surface area contributed by atoms with Gasteiger partial charge in [0.15, 0.2) is 0 Å². The molecule has 3 unspecified atom stereocenters. The molecule has 1 heterocycles. The molecule has 0 fully saturated rings. The highest BCUT2D eigenvalue weighted by Gasteiger charge is 2.23. The number of thioether (sulfide) groups is 1. The molecule has 0 bridgehead atoms. The van der Waals surface area contributed by atoms with Crippen LogP contribution < -0.4 is 5.32 Å². The molecular formula is C14H23FN2OS. The molecule has 0 aliphatic heterocycles. The fourth-order valence-electron chi connectivity index (χ4n) is 2.02. The van der Waals surface area contributed by atoms with Crippen LogP contribution in [0.1, 0.15) is 32.5 Å². The van der Waals surface area contributed by atoms with Crippen molar-refractivity contribution in [3.63, 3.8) is 0 Å². The van der Waals surface area contributed by atoms with Crippen molar-refractivity contribution in [2.24, 2.45) is 5.92 Å². The molecule has 5 heteroatoms. The van der Waals surface area contributed by atoms with E-state index >= 15 is 0 Å². The van der Waals surface area contributed by atoms with Gasteiger partial charge in [0.2, 0.25) is 0 Å². The molecule has 3 nitrogen and oxygen atoms in total. The number of hydrogen-bond acceptors (Lipinski definition) is 4. The van der Waals surface area contributed by atoms with Gasteiger partial charge in [0, 0.05) is 11.3 Å². The quantitative estimate of drug-likeness (QED) is 0.809. The molecule has 0 saturated heterocycles. The SMILES string of the molecule is CSC(CO)C(C)NC(c1ccc(F)cn1)C(C)C. The summed E-state index contributed by atoms with van der Waals surface area (Å²) in [5, 5.41) is 13.0. The maximum atomic E-state index is 12.9. The molecule has 19 heavy (non-hydrogen) atoms. The van der Waals surface area contributed by atoms with Crippen LogP contribution in [0.5, 0.6) is 0 Å². The summed E-state index contributed by atoms with van der Waals surface area (Å²) in [5.74, 6) is 0.0123. The lowest BCUT2D eigenvalue weighted by Gasteiger charge is -2.29. The van der Waals surface area contributed by atoms with Gasteiger partial charge in [0.25, 0.3) is 0 Å². The number of aromatic nitrogens is 1. The fourth-order valence-corrected chi connectivity index (χ4v) is 2.65. The van der Waals surface area contributed by atoms with Crippen molar-refractivity contribution in [1.82, 2.24) is 10.3 Å². The average Bonchev–Trinajstić information content (AvgIpc) is 2.38. The Morgan fingerprint density at radius 1 is 1.37 bits per heavy atom. The first-order valence-electron chi connectivity index (χ1n) is 6.50. The van der Waals surface area contributed by atoms with E-state index in [1.165, 1.54) is 12.3 Å². The summed E-state index contributed by atoms with van der Waals surface area (Å²) in [6.07, 6.45) is 3.23. The van der Waals surface area contributed by atoms with Crippen LogP contribution in [0, 0.1) is 11.7 Å². The highest BCUT2D eigenvalue weighted by molar-refractivity contribution is 7.99. The van der Waals surface area contributed by atoms with E-state index in [1.807, 2.05) is 6.26 Å². The van der Waals surface area contributed by atoms with Crippen LogP contribution in [-0.4, -0.2) is 34.2 Å². The lowest BCUT2D eigenvalue weighted by atomic mass is 9.99. The lowest BCUT2D eigenvalue weighted by molar-refractivity contribution is 0.261. The summed E-state index contributed by atoms with van der Waals surface area (Å²) in [6, 6.07) is 3.35. The zero-order valence-corrected chi connectivity index (χ0v) is 12.7. The van der Waals surface area contributed by atoms with Gasteiger partial charge in [-0.1, -0.05) is 13.8 Å². The largest absolute Gasteiger partial charge is 0.395 e. The minimum Gasteiger partial charge on any atom is -0.395 e. The van der Waals surface area contributed by atoms with E-state index in [0.29, 0.717) is 5.92 Å². The second-order valence-corrected chi connectivity index (χ2v) is 6.11. The third-order valence-corrected chi connectivity index (χ3v) is 4.38. The van der Waals surface area contributed by atoms with E-state index in [0.717, 1.165) is 5.69 Å². The van der Waals surface area contributed by atoms with E-state index in [2.05, 4.69) is 31.1 Å². The van der Waals surface area contributed by atoms with Crippen molar-refractivity contribution in [2.45, 2.75) is 38.1 Å². The van der Waals surface area contributed by atoms with Gasteiger partial charge < -0.3 is 10.4 Å². The van der Waals surface area contributed by atoms with Crippen LogP contribution in [0.2, 0.25) is 0 Å². The monoisotopic (exact) mass is 286 g/mol. The summed E-state index contributed by atoms with van der Waals surface area (Å²) < 4.78 is 12.9. The average molecular weight is 286 g/mol. The van der Waals surface area contributed by atoms with Gasteiger partial charge in [0.1, 0.15) is 5.82 Å². The molecule has 108 valence electrons. The highest BCUT2D eigenvalue weighted by Crippen LogP contribution is 2.22. The molecular weight excluding hydrogens is 263 g/mol. The molecule has 0 amide bonds. The molecule has 1 aromatic rings. The maximum absolute atomic E-state index is 12.9. The number of rotatable bonds is 7. The number of aliphatic hydroxyl groups excluding tert-OH is 1. The van der Waals surface area contributed by atoms with E-state index in [9.17, 15) is 9.50 Å². The Hall–Kier alpha value is -0.650. The molecule has 0 spiro atoms. The van der Waals surface area contributed by atoms with Crippen LogP contribution >= 0.6 is 11.8 Å². The van der Waals surface area contributed by atoms with Crippen LogP contribution in [0.25, 0.3) is 0 Å². The fraction of sp³-hybridized carbons (Fsp3) is 0.643. The molecule has 0 aromatic carbocycles. The Bertz CT molecular complexity index is 368. The van der Waals surface area contributed by atoms with Gasteiger partial charge in [-0.15, -0.1) is 0 Å². The third kappa shape index (κ3) is 4.75. The van der Waals surface area contributed by atoms with E-state index in [1.54, 1.807) is 17.8 Å². The Labute approximate surface area is 119 Å². The molecule has 1 aromatic heterocycles. The van der Waals surface area contributed by atoms with Gasteiger partial charge in [0.05, 0.1) is 24.5 Å².